The van der Waals surface area contributed by atoms with Crippen LogP contribution in [0.15, 0.2) is 24.3 Å². The molecule has 0 amide bonds. The maximum absolute atomic E-state index is 9.56. The van der Waals surface area contributed by atoms with E-state index in [4.69, 9.17) is 9.47 Å². The SMILES string of the molecule is CCCNC(C#N)(COc1ccc(OC)cc1)C1CC1. The lowest BCUT2D eigenvalue weighted by Crippen LogP contribution is -2.51. The first-order chi connectivity index (χ1) is 9.74. The Labute approximate surface area is 120 Å². The predicted octanol–water partition coefficient (Wildman–Crippen LogP) is 2.75. The highest BCUT2D eigenvalue weighted by Crippen LogP contribution is 2.39. The van der Waals surface area contributed by atoms with E-state index in [0.29, 0.717) is 12.5 Å². The van der Waals surface area contributed by atoms with E-state index in [1.54, 1.807) is 7.11 Å². The molecular weight excluding hydrogens is 252 g/mol. The minimum absolute atomic E-state index is 0.389. The number of nitriles is 1. The molecule has 0 radical (unpaired) electrons. The molecule has 1 N–H and O–H groups in total. The van der Waals surface area contributed by atoms with Crippen molar-refractivity contribution >= 4 is 0 Å². The quantitative estimate of drug-likeness (QED) is 0.792. The van der Waals surface area contributed by atoms with Gasteiger partial charge in [0.15, 0.2) is 0 Å². The highest BCUT2D eigenvalue weighted by molar-refractivity contribution is 5.31. The summed E-state index contributed by atoms with van der Waals surface area (Å²) in [6.07, 6.45) is 3.23. The molecular formula is C16H22N2O2. The van der Waals surface area contributed by atoms with Crippen molar-refractivity contribution in [3.05, 3.63) is 24.3 Å². The average molecular weight is 274 g/mol. The molecule has 4 heteroatoms. The Balaban J connectivity index is 1.98. The number of benzene rings is 1. The fourth-order valence-electron chi connectivity index (χ4n) is 2.27. The molecule has 20 heavy (non-hydrogen) atoms. The zero-order valence-corrected chi connectivity index (χ0v) is 12.2. The number of hydrogen-bond acceptors (Lipinski definition) is 4. The van der Waals surface area contributed by atoms with E-state index in [1.165, 1.54) is 0 Å². The zero-order chi connectivity index (χ0) is 14.4. The summed E-state index contributed by atoms with van der Waals surface area (Å²) in [5, 5.41) is 12.9. The van der Waals surface area contributed by atoms with Crippen LogP contribution in [0.3, 0.4) is 0 Å². The number of methoxy groups -OCH3 is 1. The van der Waals surface area contributed by atoms with E-state index < -0.39 is 5.54 Å². The molecule has 0 heterocycles. The minimum Gasteiger partial charge on any atom is -0.497 e. The number of nitrogens with zero attached hydrogens (tertiary/aromatic N) is 1. The van der Waals surface area contributed by atoms with Gasteiger partial charge in [0.05, 0.1) is 13.2 Å². The number of nitrogens with one attached hydrogen (secondary N) is 1. The van der Waals surface area contributed by atoms with Gasteiger partial charge in [0.25, 0.3) is 0 Å². The zero-order valence-electron chi connectivity index (χ0n) is 12.2. The molecule has 0 aliphatic heterocycles. The van der Waals surface area contributed by atoms with Crippen LogP contribution in [0.25, 0.3) is 0 Å². The van der Waals surface area contributed by atoms with Crippen LogP contribution >= 0.6 is 0 Å². The van der Waals surface area contributed by atoms with Gasteiger partial charge in [-0.2, -0.15) is 5.26 Å². The van der Waals surface area contributed by atoms with Crippen LogP contribution in [0.1, 0.15) is 26.2 Å². The molecule has 0 saturated heterocycles. The molecule has 1 aromatic rings. The fraction of sp³-hybridized carbons (Fsp3) is 0.562. The van der Waals surface area contributed by atoms with E-state index >= 15 is 0 Å². The first kappa shape index (κ1) is 14.7. The number of rotatable bonds is 8. The Morgan fingerprint density at radius 2 is 1.95 bits per heavy atom. The van der Waals surface area contributed by atoms with Crippen LogP contribution in [0.2, 0.25) is 0 Å². The number of ether oxygens (including phenoxy) is 2. The van der Waals surface area contributed by atoms with Crippen molar-refractivity contribution in [2.75, 3.05) is 20.3 Å². The van der Waals surface area contributed by atoms with E-state index in [0.717, 1.165) is 37.3 Å². The van der Waals surface area contributed by atoms with Crippen molar-refractivity contribution in [1.82, 2.24) is 5.32 Å². The molecule has 0 bridgehead atoms. The van der Waals surface area contributed by atoms with Crippen molar-refractivity contribution in [3.8, 4) is 17.6 Å². The van der Waals surface area contributed by atoms with E-state index in [-0.39, 0.29) is 0 Å². The molecule has 108 valence electrons. The second kappa shape index (κ2) is 6.62. The molecule has 1 aromatic carbocycles. The van der Waals surface area contributed by atoms with Crippen LogP contribution in [0.5, 0.6) is 11.5 Å². The Morgan fingerprint density at radius 1 is 1.30 bits per heavy atom. The van der Waals surface area contributed by atoms with Gasteiger partial charge < -0.3 is 9.47 Å². The van der Waals surface area contributed by atoms with Gasteiger partial charge in [0.1, 0.15) is 23.6 Å². The third-order valence-corrected chi connectivity index (χ3v) is 3.69. The smallest absolute Gasteiger partial charge is 0.143 e. The maximum atomic E-state index is 9.56. The summed E-state index contributed by atoms with van der Waals surface area (Å²) in [6.45, 7) is 3.34. The van der Waals surface area contributed by atoms with Crippen LogP contribution in [-0.2, 0) is 0 Å². The first-order valence-corrected chi connectivity index (χ1v) is 7.17. The van der Waals surface area contributed by atoms with Crippen LogP contribution in [0, 0.1) is 17.2 Å². The molecule has 1 aliphatic carbocycles. The second-order valence-corrected chi connectivity index (χ2v) is 5.25. The van der Waals surface area contributed by atoms with Gasteiger partial charge in [-0.1, -0.05) is 6.92 Å². The highest BCUT2D eigenvalue weighted by atomic mass is 16.5. The summed E-state index contributed by atoms with van der Waals surface area (Å²) in [5.41, 5.74) is -0.546. The molecule has 1 aliphatic rings. The van der Waals surface area contributed by atoms with Gasteiger partial charge in [0, 0.05) is 0 Å². The first-order valence-electron chi connectivity index (χ1n) is 7.17. The summed E-state index contributed by atoms with van der Waals surface area (Å²) in [5.74, 6) is 1.98. The molecule has 1 fully saturated rings. The normalized spacial score (nSPS) is 17.1. The van der Waals surface area contributed by atoms with E-state index in [2.05, 4.69) is 18.3 Å². The lowest BCUT2D eigenvalue weighted by atomic mass is 9.96. The number of hydrogen-bond donors (Lipinski definition) is 1. The summed E-state index contributed by atoms with van der Waals surface area (Å²) in [4.78, 5) is 0. The minimum atomic E-state index is -0.546. The lowest BCUT2D eigenvalue weighted by Gasteiger charge is -2.28. The van der Waals surface area contributed by atoms with Gasteiger partial charge >= 0.3 is 0 Å². The fourth-order valence-corrected chi connectivity index (χ4v) is 2.27. The van der Waals surface area contributed by atoms with Gasteiger partial charge in [-0.05, 0) is 56.0 Å². The summed E-state index contributed by atoms with van der Waals surface area (Å²) in [7, 11) is 1.64. The Hall–Kier alpha value is -1.73. The standard InChI is InChI=1S/C16H22N2O2/c1-3-10-18-16(11-17,13-4-5-13)12-20-15-8-6-14(19-2)7-9-15/h6-9,13,18H,3-5,10,12H2,1-2H3. The third kappa shape index (κ3) is 3.43. The predicted molar refractivity (Wildman–Crippen MR) is 77.9 cm³/mol. The van der Waals surface area contributed by atoms with Crippen LogP contribution < -0.4 is 14.8 Å². The van der Waals surface area contributed by atoms with Crippen molar-refractivity contribution in [3.63, 3.8) is 0 Å². The molecule has 1 unspecified atom stereocenters. The second-order valence-electron chi connectivity index (χ2n) is 5.25. The van der Waals surface area contributed by atoms with Crippen molar-refractivity contribution in [2.24, 2.45) is 5.92 Å². The topological polar surface area (TPSA) is 54.3 Å². The van der Waals surface area contributed by atoms with E-state index in [1.807, 2.05) is 24.3 Å². The Morgan fingerprint density at radius 3 is 2.45 bits per heavy atom. The molecule has 4 nitrogen and oxygen atoms in total. The average Bonchev–Trinajstić information content (AvgIpc) is 3.34. The Kier molecular flexibility index (Phi) is 4.86. The molecule has 1 atom stereocenters. The summed E-state index contributed by atoms with van der Waals surface area (Å²) >= 11 is 0. The lowest BCUT2D eigenvalue weighted by molar-refractivity contribution is 0.202. The van der Waals surface area contributed by atoms with Gasteiger partial charge in [0.2, 0.25) is 0 Å². The van der Waals surface area contributed by atoms with Crippen molar-refractivity contribution < 1.29 is 9.47 Å². The molecule has 2 rings (SSSR count). The van der Waals surface area contributed by atoms with Crippen LogP contribution in [0.4, 0.5) is 0 Å². The molecule has 1 saturated carbocycles. The van der Waals surface area contributed by atoms with Crippen molar-refractivity contribution in [1.29, 1.82) is 5.26 Å². The van der Waals surface area contributed by atoms with Gasteiger partial charge in [-0.15, -0.1) is 0 Å². The monoisotopic (exact) mass is 274 g/mol. The van der Waals surface area contributed by atoms with Crippen LogP contribution in [-0.4, -0.2) is 25.8 Å². The molecule has 0 aromatic heterocycles. The largest absolute Gasteiger partial charge is 0.497 e. The van der Waals surface area contributed by atoms with Crippen molar-refractivity contribution in [2.45, 2.75) is 31.7 Å². The maximum Gasteiger partial charge on any atom is 0.143 e. The summed E-state index contributed by atoms with van der Waals surface area (Å²) < 4.78 is 10.9. The third-order valence-electron chi connectivity index (χ3n) is 3.69. The molecule has 0 spiro atoms. The van der Waals surface area contributed by atoms with Gasteiger partial charge in [-0.3, -0.25) is 5.32 Å². The summed E-state index contributed by atoms with van der Waals surface area (Å²) in [6, 6.07) is 9.90. The van der Waals surface area contributed by atoms with Gasteiger partial charge in [-0.25, -0.2) is 0 Å². The Bertz CT molecular complexity index is 462. The highest BCUT2D eigenvalue weighted by Gasteiger charge is 2.46. The van der Waals surface area contributed by atoms with E-state index in [9.17, 15) is 5.26 Å².